The van der Waals surface area contributed by atoms with E-state index in [0.29, 0.717) is 18.1 Å². The fraction of sp³-hybridized carbons (Fsp3) is 0.318. The molecule has 31 heavy (non-hydrogen) atoms. The van der Waals surface area contributed by atoms with Gasteiger partial charge in [-0.3, -0.25) is 4.90 Å². The molecule has 0 atom stereocenters. The largest absolute Gasteiger partial charge is 0.493 e. The topological polar surface area (TPSA) is 85.4 Å². The Morgan fingerprint density at radius 2 is 1.97 bits per heavy atom. The number of fused-ring (bicyclic) bond motifs is 2. The number of hydrogen-bond acceptors (Lipinski definition) is 7. The number of rotatable bonds is 7. The van der Waals surface area contributed by atoms with Crippen LogP contribution in [0, 0.1) is 0 Å². The molecule has 4 aromatic rings. The van der Waals surface area contributed by atoms with Gasteiger partial charge in [0, 0.05) is 54.3 Å². The van der Waals surface area contributed by atoms with E-state index in [9.17, 15) is 0 Å². The molecule has 160 valence electrons. The van der Waals surface area contributed by atoms with Gasteiger partial charge in [-0.25, -0.2) is 9.97 Å². The van der Waals surface area contributed by atoms with Crippen molar-refractivity contribution in [1.29, 1.82) is 0 Å². The third-order valence-electron chi connectivity index (χ3n) is 5.45. The van der Waals surface area contributed by atoms with Gasteiger partial charge in [0.05, 0.1) is 31.0 Å². The molecular formula is C22H22ClN5O3. The quantitative estimate of drug-likeness (QED) is 0.438. The lowest BCUT2D eigenvalue weighted by atomic mass is 10.1. The predicted octanol–water partition coefficient (Wildman–Crippen LogP) is 3.81. The number of nitrogens with one attached hydrogen (secondary N) is 1. The second-order valence-corrected chi connectivity index (χ2v) is 7.54. The van der Waals surface area contributed by atoms with Crippen molar-refractivity contribution in [3.8, 4) is 22.9 Å². The first-order valence-electron chi connectivity index (χ1n) is 10.3. The van der Waals surface area contributed by atoms with Crippen molar-refractivity contribution in [3.05, 3.63) is 42.9 Å². The maximum absolute atomic E-state index is 5.97. The van der Waals surface area contributed by atoms with Crippen LogP contribution in [0.2, 0.25) is 0 Å². The lowest BCUT2D eigenvalue weighted by molar-refractivity contribution is 0.0358. The molecular weight excluding hydrogens is 418 g/mol. The summed E-state index contributed by atoms with van der Waals surface area (Å²) in [4.78, 5) is 18.9. The van der Waals surface area contributed by atoms with Crippen LogP contribution in [0.25, 0.3) is 33.2 Å². The summed E-state index contributed by atoms with van der Waals surface area (Å²) in [5.74, 6) is 1.15. The van der Waals surface area contributed by atoms with E-state index in [2.05, 4.69) is 29.1 Å². The van der Waals surface area contributed by atoms with Crippen molar-refractivity contribution < 1.29 is 13.8 Å². The maximum atomic E-state index is 5.97. The third kappa shape index (κ3) is 4.27. The molecule has 1 N–H and O–H groups in total. The molecule has 9 heteroatoms. The zero-order valence-corrected chi connectivity index (χ0v) is 17.6. The van der Waals surface area contributed by atoms with Crippen molar-refractivity contribution in [2.45, 2.75) is 6.42 Å². The average molecular weight is 440 g/mol. The van der Waals surface area contributed by atoms with E-state index in [1.807, 2.05) is 30.5 Å². The Hall–Kier alpha value is -2.94. The molecule has 0 spiro atoms. The highest BCUT2D eigenvalue weighted by Crippen LogP contribution is 2.33. The highest BCUT2D eigenvalue weighted by atomic mass is 35.5. The number of nitrogens with zero attached hydrogens (tertiary/aromatic N) is 4. The number of H-pyrrole nitrogens is 1. The summed E-state index contributed by atoms with van der Waals surface area (Å²) in [6.45, 7) is 5.33. The normalized spacial score (nSPS) is 14.9. The summed E-state index contributed by atoms with van der Waals surface area (Å²) in [5.41, 5.74) is 3.28. The number of halogens is 1. The van der Waals surface area contributed by atoms with Crippen molar-refractivity contribution in [2.24, 2.45) is 0 Å². The van der Waals surface area contributed by atoms with E-state index >= 15 is 0 Å². The molecule has 0 amide bonds. The molecule has 3 aromatic heterocycles. The van der Waals surface area contributed by atoms with Crippen LogP contribution in [0.15, 0.2) is 42.9 Å². The molecule has 1 fully saturated rings. The van der Waals surface area contributed by atoms with Gasteiger partial charge in [0.25, 0.3) is 0 Å². The summed E-state index contributed by atoms with van der Waals surface area (Å²) < 4.78 is 16.0. The Morgan fingerprint density at radius 3 is 2.84 bits per heavy atom. The van der Waals surface area contributed by atoms with Gasteiger partial charge in [-0.15, -0.1) is 0 Å². The summed E-state index contributed by atoms with van der Waals surface area (Å²) in [6.07, 6.45) is 4.43. The fourth-order valence-electron chi connectivity index (χ4n) is 3.87. The summed E-state index contributed by atoms with van der Waals surface area (Å²) in [7, 11) is 0. The van der Waals surface area contributed by atoms with Crippen LogP contribution in [-0.2, 0) is 4.74 Å². The van der Waals surface area contributed by atoms with Crippen molar-refractivity contribution in [1.82, 2.24) is 24.8 Å². The smallest absolute Gasteiger partial charge is 0.238 e. The molecule has 8 nitrogen and oxygen atoms in total. The molecule has 0 saturated carbocycles. The highest BCUT2D eigenvalue weighted by molar-refractivity contribution is 6.09. The minimum atomic E-state index is 0.338. The first kappa shape index (κ1) is 20.0. The SMILES string of the molecule is ClOc1ccc2c(-c3ncnc4cc(OCCCN5CCOCC5)ccc34)c[nH]c2n1. The van der Waals surface area contributed by atoms with Crippen LogP contribution in [0.4, 0.5) is 0 Å². The van der Waals surface area contributed by atoms with Crippen LogP contribution >= 0.6 is 11.9 Å². The Labute approximate surface area is 184 Å². The van der Waals surface area contributed by atoms with E-state index < -0.39 is 0 Å². The number of ether oxygens (including phenoxy) is 2. The van der Waals surface area contributed by atoms with E-state index in [0.717, 1.165) is 72.6 Å². The molecule has 0 unspecified atom stereocenters. The van der Waals surface area contributed by atoms with Gasteiger partial charge in [0.1, 0.15) is 29.6 Å². The van der Waals surface area contributed by atoms with Crippen LogP contribution < -0.4 is 9.03 Å². The molecule has 0 bridgehead atoms. The molecule has 1 aliphatic rings. The van der Waals surface area contributed by atoms with E-state index in [-0.39, 0.29) is 0 Å². The van der Waals surface area contributed by atoms with Crippen molar-refractivity contribution in [2.75, 3.05) is 39.5 Å². The number of aromatic amines is 1. The van der Waals surface area contributed by atoms with Crippen LogP contribution in [0.3, 0.4) is 0 Å². The molecule has 1 aromatic carbocycles. The minimum Gasteiger partial charge on any atom is -0.493 e. The molecule has 1 aliphatic heterocycles. The number of pyridine rings is 1. The molecule has 4 heterocycles. The van der Waals surface area contributed by atoms with Gasteiger partial charge in [-0.2, -0.15) is 4.98 Å². The lowest BCUT2D eigenvalue weighted by Crippen LogP contribution is -2.37. The number of benzene rings is 1. The zero-order chi connectivity index (χ0) is 21.0. The minimum absolute atomic E-state index is 0.338. The van der Waals surface area contributed by atoms with Crippen LogP contribution in [-0.4, -0.2) is 64.3 Å². The highest BCUT2D eigenvalue weighted by Gasteiger charge is 2.14. The zero-order valence-electron chi connectivity index (χ0n) is 16.9. The van der Waals surface area contributed by atoms with Gasteiger partial charge in [-0.05, 0) is 24.6 Å². The second-order valence-electron chi connectivity index (χ2n) is 7.38. The van der Waals surface area contributed by atoms with Crippen molar-refractivity contribution >= 4 is 33.8 Å². The molecule has 0 aliphatic carbocycles. The number of morpholine rings is 1. The average Bonchev–Trinajstić information content (AvgIpc) is 3.25. The van der Waals surface area contributed by atoms with Gasteiger partial charge in [-0.1, -0.05) is 0 Å². The Balaban J connectivity index is 1.33. The van der Waals surface area contributed by atoms with Gasteiger partial charge >= 0.3 is 0 Å². The van der Waals surface area contributed by atoms with Gasteiger partial charge < -0.3 is 18.7 Å². The predicted molar refractivity (Wildman–Crippen MR) is 118 cm³/mol. The monoisotopic (exact) mass is 439 g/mol. The van der Waals surface area contributed by atoms with E-state index in [1.165, 1.54) is 0 Å². The van der Waals surface area contributed by atoms with Gasteiger partial charge in [0.15, 0.2) is 0 Å². The van der Waals surface area contributed by atoms with Gasteiger partial charge in [0.2, 0.25) is 5.88 Å². The standard InChI is InChI=1S/C22H22ClN5O3/c23-31-20-5-4-16-18(13-24-22(16)27-20)21-17-3-2-15(12-19(17)25-14-26-21)30-9-1-6-28-7-10-29-11-8-28/h2-5,12-14H,1,6-11H2,(H,24,27). The van der Waals surface area contributed by atoms with Crippen LogP contribution in [0.5, 0.6) is 11.6 Å². The molecule has 0 radical (unpaired) electrons. The maximum Gasteiger partial charge on any atom is 0.238 e. The first-order chi connectivity index (χ1) is 15.3. The summed E-state index contributed by atoms with van der Waals surface area (Å²) in [6, 6.07) is 9.56. The van der Waals surface area contributed by atoms with Crippen LogP contribution in [0.1, 0.15) is 6.42 Å². The van der Waals surface area contributed by atoms with Crippen molar-refractivity contribution in [3.63, 3.8) is 0 Å². The molecule has 1 saturated heterocycles. The summed E-state index contributed by atoms with van der Waals surface area (Å²) in [5, 5.41) is 1.88. The Bertz CT molecular complexity index is 1190. The first-order valence-corrected chi connectivity index (χ1v) is 10.6. The number of aromatic nitrogens is 4. The third-order valence-corrected chi connectivity index (χ3v) is 5.60. The fourth-order valence-corrected chi connectivity index (χ4v) is 3.96. The second kappa shape index (κ2) is 9.05. The molecule has 5 rings (SSSR count). The number of hydrogen-bond donors (Lipinski definition) is 1. The van der Waals surface area contributed by atoms with E-state index in [1.54, 1.807) is 12.4 Å². The van der Waals surface area contributed by atoms with E-state index in [4.69, 9.17) is 21.3 Å². The Kier molecular flexibility index (Phi) is 5.84. The lowest BCUT2D eigenvalue weighted by Gasteiger charge is -2.26. The Morgan fingerprint density at radius 1 is 1.10 bits per heavy atom. The summed E-state index contributed by atoms with van der Waals surface area (Å²) >= 11 is 5.41.